The smallest absolute Gasteiger partial charge is 0.122 e. The van der Waals surface area contributed by atoms with Crippen molar-refractivity contribution in [2.75, 3.05) is 27.2 Å². The fourth-order valence-corrected chi connectivity index (χ4v) is 1.62. The number of rotatable bonds is 5. The van der Waals surface area contributed by atoms with Gasteiger partial charge in [0.05, 0.1) is 0 Å². The van der Waals surface area contributed by atoms with E-state index < -0.39 is 0 Å². The van der Waals surface area contributed by atoms with Crippen molar-refractivity contribution in [3.63, 3.8) is 0 Å². The van der Waals surface area contributed by atoms with E-state index in [9.17, 15) is 0 Å². The molecule has 0 radical (unpaired) electrons. The summed E-state index contributed by atoms with van der Waals surface area (Å²) in [7, 11) is 4.07. The number of nitrogens with zero attached hydrogens (tertiary/aromatic N) is 1. The lowest BCUT2D eigenvalue weighted by Gasteiger charge is -2.16. The summed E-state index contributed by atoms with van der Waals surface area (Å²) < 4.78 is 5.76. The molecular weight excluding hydrogens is 222 g/mol. The summed E-state index contributed by atoms with van der Waals surface area (Å²) in [6, 6.07) is 5.81. The monoisotopic (exact) mass is 241 g/mol. The first-order chi connectivity index (χ1) is 7.50. The fourth-order valence-electron chi connectivity index (χ4n) is 1.44. The van der Waals surface area contributed by atoms with E-state index in [1.54, 1.807) is 0 Å². The zero-order chi connectivity index (χ0) is 12.1. The predicted octanol–water partition coefficient (Wildman–Crippen LogP) is 3.40. The number of hydrogen-bond acceptors (Lipinski definition) is 2. The Morgan fingerprint density at radius 1 is 1.31 bits per heavy atom. The van der Waals surface area contributed by atoms with Crippen molar-refractivity contribution >= 4 is 11.6 Å². The van der Waals surface area contributed by atoms with Crippen LogP contribution in [0.4, 0.5) is 0 Å². The molecule has 0 aromatic heterocycles. The lowest BCUT2D eigenvalue weighted by Crippen LogP contribution is -2.19. The van der Waals surface area contributed by atoms with Crippen LogP contribution in [0.1, 0.15) is 25.3 Å². The van der Waals surface area contributed by atoms with Crippen LogP contribution in [0.25, 0.3) is 0 Å². The van der Waals surface area contributed by atoms with Crippen molar-refractivity contribution < 1.29 is 4.74 Å². The van der Waals surface area contributed by atoms with E-state index in [0.29, 0.717) is 12.5 Å². The maximum atomic E-state index is 5.98. The van der Waals surface area contributed by atoms with Crippen LogP contribution in [-0.4, -0.2) is 32.1 Å². The highest BCUT2D eigenvalue weighted by atomic mass is 35.5. The third kappa shape index (κ3) is 4.03. The SMILES string of the molecule is CC(C)c1cc(Cl)ccc1OCCN(C)C. The summed E-state index contributed by atoms with van der Waals surface area (Å²) in [6.45, 7) is 5.91. The second kappa shape index (κ2) is 6.12. The molecule has 2 nitrogen and oxygen atoms in total. The van der Waals surface area contributed by atoms with Gasteiger partial charge in [-0.15, -0.1) is 0 Å². The maximum absolute atomic E-state index is 5.98. The zero-order valence-corrected chi connectivity index (χ0v) is 11.2. The van der Waals surface area contributed by atoms with E-state index in [-0.39, 0.29) is 0 Å². The van der Waals surface area contributed by atoms with Gasteiger partial charge in [-0.05, 0) is 43.8 Å². The first-order valence-electron chi connectivity index (χ1n) is 5.57. The van der Waals surface area contributed by atoms with E-state index in [4.69, 9.17) is 16.3 Å². The van der Waals surface area contributed by atoms with Crippen LogP contribution < -0.4 is 4.74 Å². The Bertz CT molecular complexity index is 337. The molecule has 0 spiro atoms. The van der Waals surface area contributed by atoms with Gasteiger partial charge in [0, 0.05) is 11.6 Å². The standard InChI is InChI=1S/C13H20ClNO/c1-10(2)12-9-11(14)5-6-13(12)16-8-7-15(3)4/h5-6,9-10H,7-8H2,1-4H3. The number of likely N-dealkylation sites (N-methyl/N-ethyl adjacent to an activating group) is 1. The number of halogens is 1. The van der Waals surface area contributed by atoms with E-state index in [2.05, 4.69) is 18.7 Å². The van der Waals surface area contributed by atoms with E-state index in [1.807, 2.05) is 32.3 Å². The summed E-state index contributed by atoms with van der Waals surface area (Å²) in [5.41, 5.74) is 1.17. The first kappa shape index (κ1) is 13.3. The molecule has 0 aliphatic heterocycles. The highest BCUT2D eigenvalue weighted by Crippen LogP contribution is 2.29. The summed E-state index contributed by atoms with van der Waals surface area (Å²) >= 11 is 5.98. The van der Waals surface area contributed by atoms with Gasteiger partial charge in [0.15, 0.2) is 0 Å². The van der Waals surface area contributed by atoms with Crippen molar-refractivity contribution in [1.29, 1.82) is 0 Å². The van der Waals surface area contributed by atoms with Crippen molar-refractivity contribution in [2.24, 2.45) is 0 Å². The minimum absolute atomic E-state index is 0.424. The zero-order valence-electron chi connectivity index (χ0n) is 10.5. The summed E-state index contributed by atoms with van der Waals surface area (Å²) in [5.74, 6) is 1.37. The number of ether oxygens (including phenoxy) is 1. The lowest BCUT2D eigenvalue weighted by atomic mass is 10.0. The van der Waals surface area contributed by atoms with Crippen molar-refractivity contribution in [2.45, 2.75) is 19.8 Å². The van der Waals surface area contributed by atoms with E-state index >= 15 is 0 Å². The minimum atomic E-state index is 0.424. The van der Waals surface area contributed by atoms with Gasteiger partial charge in [0.1, 0.15) is 12.4 Å². The Morgan fingerprint density at radius 2 is 2.00 bits per heavy atom. The number of hydrogen-bond donors (Lipinski definition) is 0. The van der Waals surface area contributed by atoms with Gasteiger partial charge in [-0.2, -0.15) is 0 Å². The normalized spacial score (nSPS) is 11.2. The topological polar surface area (TPSA) is 12.5 Å². The van der Waals surface area contributed by atoms with Gasteiger partial charge in [-0.25, -0.2) is 0 Å². The molecule has 0 saturated heterocycles. The molecule has 0 aliphatic rings. The van der Waals surface area contributed by atoms with Gasteiger partial charge in [0.2, 0.25) is 0 Å². The van der Waals surface area contributed by atoms with Gasteiger partial charge < -0.3 is 9.64 Å². The molecule has 0 aliphatic carbocycles. The fraction of sp³-hybridized carbons (Fsp3) is 0.538. The molecule has 0 fully saturated rings. The van der Waals surface area contributed by atoms with Crippen molar-refractivity contribution in [3.05, 3.63) is 28.8 Å². The van der Waals surface area contributed by atoms with Crippen LogP contribution in [-0.2, 0) is 0 Å². The van der Waals surface area contributed by atoms with Gasteiger partial charge in [-0.3, -0.25) is 0 Å². The molecular formula is C13H20ClNO. The highest BCUT2D eigenvalue weighted by Gasteiger charge is 2.08. The largest absolute Gasteiger partial charge is 0.492 e. The second-order valence-electron chi connectivity index (χ2n) is 4.49. The third-order valence-electron chi connectivity index (χ3n) is 2.39. The van der Waals surface area contributed by atoms with Crippen LogP contribution in [0.2, 0.25) is 5.02 Å². The van der Waals surface area contributed by atoms with Crippen LogP contribution in [0.5, 0.6) is 5.75 Å². The molecule has 0 N–H and O–H groups in total. The molecule has 0 heterocycles. The third-order valence-corrected chi connectivity index (χ3v) is 2.63. The van der Waals surface area contributed by atoms with Gasteiger partial charge >= 0.3 is 0 Å². The van der Waals surface area contributed by atoms with Crippen LogP contribution in [0.15, 0.2) is 18.2 Å². The second-order valence-corrected chi connectivity index (χ2v) is 4.93. The summed E-state index contributed by atoms with van der Waals surface area (Å²) in [5, 5.41) is 0.767. The predicted molar refractivity (Wildman–Crippen MR) is 69.6 cm³/mol. The lowest BCUT2D eigenvalue weighted by molar-refractivity contribution is 0.259. The minimum Gasteiger partial charge on any atom is -0.492 e. The average Bonchev–Trinajstić information content (AvgIpc) is 2.19. The summed E-state index contributed by atoms with van der Waals surface area (Å²) in [4.78, 5) is 2.10. The molecule has 0 saturated carbocycles. The molecule has 0 unspecified atom stereocenters. The molecule has 0 atom stereocenters. The van der Waals surface area contributed by atoms with Crippen LogP contribution >= 0.6 is 11.6 Å². The molecule has 0 amide bonds. The Balaban J connectivity index is 2.71. The maximum Gasteiger partial charge on any atom is 0.122 e. The Kier molecular flexibility index (Phi) is 5.10. The molecule has 90 valence electrons. The van der Waals surface area contributed by atoms with Gasteiger partial charge in [0.25, 0.3) is 0 Å². The molecule has 1 rings (SSSR count). The molecule has 3 heteroatoms. The molecule has 1 aromatic carbocycles. The van der Waals surface area contributed by atoms with Gasteiger partial charge in [-0.1, -0.05) is 25.4 Å². The molecule has 0 bridgehead atoms. The van der Waals surface area contributed by atoms with Crippen LogP contribution in [0.3, 0.4) is 0 Å². The molecule has 16 heavy (non-hydrogen) atoms. The van der Waals surface area contributed by atoms with Crippen molar-refractivity contribution in [1.82, 2.24) is 4.90 Å². The van der Waals surface area contributed by atoms with E-state index in [1.165, 1.54) is 5.56 Å². The average molecular weight is 242 g/mol. The van der Waals surface area contributed by atoms with Crippen molar-refractivity contribution in [3.8, 4) is 5.75 Å². The van der Waals surface area contributed by atoms with Crippen LogP contribution in [0, 0.1) is 0 Å². The molecule has 1 aromatic rings. The Hall–Kier alpha value is -0.730. The van der Waals surface area contributed by atoms with E-state index in [0.717, 1.165) is 17.3 Å². The quantitative estimate of drug-likeness (QED) is 0.784. The summed E-state index contributed by atoms with van der Waals surface area (Å²) in [6.07, 6.45) is 0. The Labute approximate surface area is 103 Å². The Morgan fingerprint density at radius 3 is 2.56 bits per heavy atom. The number of benzene rings is 1. The highest BCUT2D eigenvalue weighted by molar-refractivity contribution is 6.30. The first-order valence-corrected chi connectivity index (χ1v) is 5.95.